The van der Waals surface area contributed by atoms with Crippen molar-refractivity contribution in [1.29, 1.82) is 0 Å². The Balaban J connectivity index is 1.54. The molecule has 1 aromatic rings. The lowest BCUT2D eigenvalue weighted by Gasteiger charge is -2.20. The Kier molecular flexibility index (Phi) is 4.58. The van der Waals surface area contributed by atoms with Gasteiger partial charge in [-0.3, -0.25) is 0 Å². The summed E-state index contributed by atoms with van der Waals surface area (Å²) in [5, 5.41) is 3.77. The molecule has 1 saturated carbocycles. The normalized spacial score (nSPS) is 23.8. The third-order valence-corrected chi connectivity index (χ3v) is 4.51. The van der Waals surface area contributed by atoms with E-state index in [9.17, 15) is 0 Å². The van der Waals surface area contributed by atoms with Crippen LogP contribution < -0.4 is 10.1 Å². The summed E-state index contributed by atoms with van der Waals surface area (Å²) in [6, 6.07) is 9.05. The van der Waals surface area contributed by atoms with Crippen molar-refractivity contribution < 1.29 is 9.47 Å². The molecule has 1 aromatic carbocycles. The molecule has 1 aliphatic carbocycles. The second kappa shape index (κ2) is 6.59. The Hall–Kier alpha value is -1.06. The van der Waals surface area contributed by atoms with Crippen molar-refractivity contribution in [1.82, 2.24) is 5.32 Å². The summed E-state index contributed by atoms with van der Waals surface area (Å²) in [6.07, 6.45) is 5.18. The molecule has 2 fully saturated rings. The molecule has 2 atom stereocenters. The van der Waals surface area contributed by atoms with Crippen molar-refractivity contribution in [2.24, 2.45) is 11.8 Å². The van der Waals surface area contributed by atoms with E-state index < -0.39 is 0 Å². The van der Waals surface area contributed by atoms with Gasteiger partial charge in [0, 0.05) is 19.3 Å². The molecule has 2 unspecified atom stereocenters. The minimum absolute atomic E-state index is 0.517. The van der Waals surface area contributed by atoms with Crippen LogP contribution in [0.1, 0.15) is 37.3 Å². The van der Waals surface area contributed by atoms with Crippen LogP contribution in [0, 0.1) is 11.8 Å². The minimum atomic E-state index is 0.517. The summed E-state index contributed by atoms with van der Waals surface area (Å²) in [5.74, 6) is 2.52. The second-order valence-corrected chi connectivity index (χ2v) is 6.06. The highest BCUT2D eigenvalue weighted by atomic mass is 16.5. The van der Waals surface area contributed by atoms with Crippen LogP contribution in [0.25, 0.3) is 0 Å². The van der Waals surface area contributed by atoms with Crippen molar-refractivity contribution in [3.05, 3.63) is 29.8 Å². The second-order valence-electron chi connectivity index (χ2n) is 6.06. The number of ether oxygens (including phenoxy) is 2. The Morgan fingerprint density at radius 3 is 2.65 bits per heavy atom. The fourth-order valence-corrected chi connectivity index (χ4v) is 3.05. The van der Waals surface area contributed by atoms with E-state index in [-0.39, 0.29) is 0 Å². The molecule has 0 bridgehead atoms. The Morgan fingerprint density at radius 2 is 2.05 bits per heavy atom. The van der Waals surface area contributed by atoms with Gasteiger partial charge >= 0.3 is 0 Å². The Bertz CT molecular complexity index is 408. The molecular weight excluding hydrogens is 250 g/mol. The van der Waals surface area contributed by atoms with E-state index in [2.05, 4.69) is 29.6 Å². The molecule has 1 aliphatic heterocycles. The number of hydrogen-bond donors (Lipinski definition) is 1. The van der Waals surface area contributed by atoms with Gasteiger partial charge in [-0.15, -0.1) is 0 Å². The molecule has 2 aliphatic rings. The monoisotopic (exact) mass is 275 g/mol. The van der Waals surface area contributed by atoms with Gasteiger partial charge in [-0.25, -0.2) is 0 Å². The predicted octanol–water partition coefficient (Wildman–Crippen LogP) is 3.16. The van der Waals surface area contributed by atoms with Crippen LogP contribution >= 0.6 is 0 Å². The Labute approximate surface area is 121 Å². The van der Waals surface area contributed by atoms with Crippen LogP contribution in [0.5, 0.6) is 5.75 Å². The van der Waals surface area contributed by atoms with Gasteiger partial charge in [-0.2, -0.15) is 0 Å². The first-order valence-corrected chi connectivity index (χ1v) is 7.82. The molecule has 0 spiro atoms. The molecule has 3 rings (SSSR count). The molecular formula is C17H25NO2. The molecule has 1 heterocycles. The van der Waals surface area contributed by atoms with E-state index in [1.807, 2.05) is 0 Å². The first kappa shape index (κ1) is 13.9. The van der Waals surface area contributed by atoms with Gasteiger partial charge in [-0.1, -0.05) is 12.1 Å². The van der Waals surface area contributed by atoms with Crippen LogP contribution in [0.2, 0.25) is 0 Å². The molecule has 3 heteroatoms. The molecule has 1 saturated heterocycles. The minimum Gasteiger partial charge on any atom is -0.497 e. The van der Waals surface area contributed by atoms with Crippen LogP contribution in [0.3, 0.4) is 0 Å². The molecule has 0 radical (unpaired) electrons. The van der Waals surface area contributed by atoms with Gasteiger partial charge in [0.25, 0.3) is 0 Å². The smallest absolute Gasteiger partial charge is 0.118 e. The largest absolute Gasteiger partial charge is 0.497 e. The summed E-state index contributed by atoms with van der Waals surface area (Å²) < 4.78 is 10.7. The molecule has 0 amide bonds. The van der Waals surface area contributed by atoms with Crippen LogP contribution in [0.15, 0.2) is 24.3 Å². The zero-order valence-corrected chi connectivity index (χ0v) is 12.3. The summed E-state index contributed by atoms with van der Waals surface area (Å²) in [7, 11) is 1.72. The fraction of sp³-hybridized carbons (Fsp3) is 0.647. The van der Waals surface area contributed by atoms with E-state index in [1.165, 1.54) is 31.2 Å². The lowest BCUT2D eigenvalue weighted by atomic mass is 10.0. The molecule has 3 nitrogen and oxygen atoms in total. The zero-order valence-electron chi connectivity index (χ0n) is 12.3. The quantitative estimate of drug-likeness (QED) is 0.829. The van der Waals surface area contributed by atoms with Gasteiger partial charge in [0.15, 0.2) is 0 Å². The van der Waals surface area contributed by atoms with Crippen LogP contribution in [-0.4, -0.2) is 26.9 Å². The molecule has 0 aromatic heterocycles. The van der Waals surface area contributed by atoms with Crippen molar-refractivity contribution >= 4 is 0 Å². The van der Waals surface area contributed by atoms with Crippen molar-refractivity contribution in [3.63, 3.8) is 0 Å². The Morgan fingerprint density at radius 1 is 1.25 bits per heavy atom. The van der Waals surface area contributed by atoms with Crippen LogP contribution in [-0.2, 0) is 4.74 Å². The average Bonchev–Trinajstić information content (AvgIpc) is 3.20. The standard InChI is InChI=1S/C17H25NO2/c1-19-16-6-4-15(5-7-16)17(14-2-3-14)18-10-8-13-9-11-20-12-13/h4-7,13-14,17-18H,2-3,8-12H2,1H3. The lowest BCUT2D eigenvalue weighted by molar-refractivity contribution is 0.184. The number of rotatable bonds is 7. The highest BCUT2D eigenvalue weighted by Crippen LogP contribution is 2.41. The first-order valence-electron chi connectivity index (χ1n) is 7.82. The van der Waals surface area contributed by atoms with Crippen LogP contribution in [0.4, 0.5) is 0 Å². The zero-order chi connectivity index (χ0) is 13.8. The lowest BCUT2D eigenvalue weighted by Crippen LogP contribution is -2.25. The molecule has 20 heavy (non-hydrogen) atoms. The van der Waals surface area contributed by atoms with Gasteiger partial charge in [0.2, 0.25) is 0 Å². The number of nitrogens with one attached hydrogen (secondary N) is 1. The third kappa shape index (κ3) is 3.53. The maximum atomic E-state index is 5.44. The third-order valence-electron chi connectivity index (χ3n) is 4.51. The number of methoxy groups -OCH3 is 1. The van der Waals surface area contributed by atoms with Gasteiger partial charge in [-0.05, 0) is 61.8 Å². The van der Waals surface area contributed by atoms with E-state index in [0.29, 0.717) is 6.04 Å². The van der Waals surface area contributed by atoms with E-state index in [0.717, 1.165) is 37.3 Å². The first-order chi connectivity index (χ1) is 9.86. The van der Waals surface area contributed by atoms with Crippen molar-refractivity contribution in [2.45, 2.75) is 31.7 Å². The van der Waals surface area contributed by atoms with Gasteiger partial charge < -0.3 is 14.8 Å². The fourth-order valence-electron chi connectivity index (χ4n) is 3.05. The highest BCUT2D eigenvalue weighted by molar-refractivity contribution is 5.30. The molecule has 110 valence electrons. The summed E-state index contributed by atoms with van der Waals surface area (Å²) in [5.41, 5.74) is 1.40. The van der Waals surface area contributed by atoms with Crippen molar-refractivity contribution in [2.75, 3.05) is 26.9 Å². The van der Waals surface area contributed by atoms with Gasteiger partial charge in [0.1, 0.15) is 5.75 Å². The predicted molar refractivity (Wildman–Crippen MR) is 80.0 cm³/mol. The van der Waals surface area contributed by atoms with Gasteiger partial charge in [0.05, 0.1) is 7.11 Å². The molecule has 1 N–H and O–H groups in total. The maximum Gasteiger partial charge on any atom is 0.118 e. The number of benzene rings is 1. The van der Waals surface area contributed by atoms with E-state index in [4.69, 9.17) is 9.47 Å². The van der Waals surface area contributed by atoms with Crippen molar-refractivity contribution in [3.8, 4) is 5.75 Å². The summed E-state index contributed by atoms with van der Waals surface area (Å²) in [6.45, 7) is 3.01. The number of hydrogen-bond acceptors (Lipinski definition) is 3. The highest BCUT2D eigenvalue weighted by Gasteiger charge is 2.32. The topological polar surface area (TPSA) is 30.5 Å². The average molecular weight is 275 g/mol. The maximum absolute atomic E-state index is 5.44. The summed E-state index contributed by atoms with van der Waals surface area (Å²) in [4.78, 5) is 0. The summed E-state index contributed by atoms with van der Waals surface area (Å²) >= 11 is 0. The van der Waals surface area contributed by atoms with E-state index in [1.54, 1.807) is 7.11 Å². The SMILES string of the molecule is COc1ccc(C(NCCC2CCOC2)C2CC2)cc1. The van der Waals surface area contributed by atoms with E-state index >= 15 is 0 Å².